The van der Waals surface area contributed by atoms with Crippen LogP contribution in [0.4, 0.5) is 11.4 Å². The number of piperazine rings is 1. The van der Waals surface area contributed by atoms with Crippen molar-refractivity contribution in [2.75, 3.05) is 63.5 Å². The van der Waals surface area contributed by atoms with E-state index in [-0.39, 0.29) is 0 Å². The number of nitrogens with zero attached hydrogens (tertiary/aromatic N) is 3. The zero-order valence-corrected chi connectivity index (χ0v) is 11.8. The minimum Gasteiger partial charge on any atom is -0.398 e. The highest BCUT2D eigenvalue weighted by Crippen LogP contribution is 2.31. The van der Waals surface area contributed by atoms with E-state index >= 15 is 0 Å². The molecule has 1 fully saturated rings. The van der Waals surface area contributed by atoms with Gasteiger partial charge in [0.15, 0.2) is 0 Å². The molecule has 0 radical (unpaired) electrons. The standard InChI is InChI=1S/C15H24N4/c1-17-7-9-18(10-8-17)11-12-19-6-5-13-14(16)3-2-4-15(13)19/h2-4H,5-12,16H2,1H3. The van der Waals surface area contributed by atoms with Crippen LogP contribution in [0.25, 0.3) is 0 Å². The first-order valence-corrected chi connectivity index (χ1v) is 7.27. The van der Waals surface area contributed by atoms with Gasteiger partial charge in [0.2, 0.25) is 0 Å². The SMILES string of the molecule is CN1CCN(CCN2CCc3c(N)cccc32)CC1. The molecule has 0 atom stereocenters. The number of benzene rings is 1. The lowest BCUT2D eigenvalue weighted by atomic mass is 10.1. The number of rotatable bonds is 3. The van der Waals surface area contributed by atoms with Gasteiger partial charge in [0.25, 0.3) is 0 Å². The Kier molecular flexibility index (Phi) is 3.62. The lowest BCUT2D eigenvalue weighted by Gasteiger charge is -2.33. The molecule has 3 rings (SSSR count). The maximum atomic E-state index is 6.05. The molecule has 0 unspecified atom stereocenters. The Morgan fingerprint density at radius 1 is 1.05 bits per heavy atom. The summed E-state index contributed by atoms with van der Waals surface area (Å²) in [6, 6.07) is 6.30. The fourth-order valence-corrected chi connectivity index (χ4v) is 3.09. The molecule has 2 aliphatic heterocycles. The fraction of sp³-hybridized carbons (Fsp3) is 0.600. The van der Waals surface area contributed by atoms with Gasteiger partial charge in [0, 0.05) is 62.8 Å². The van der Waals surface area contributed by atoms with E-state index < -0.39 is 0 Å². The molecule has 104 valence electrons. The minimum atomic E-state index is 0.958. The summed E-state index contributed by atoms with van der Waals surface area (Å²) in [5.41, 5.74) is 9.71. The quantitative estimate of drug-likeness (QED) is 0.819. The lowest BCUT2D eigenvalue weighted by molar-refractivity contribution is 0.157. The smallest absolute Gasteiger partial charge is 0.0420 e. The van der Waals surface area contributed by atoms with Crippen molar-refractivity contribution in [2.45, 2.75) is 6.42 Å². The molecule has 0 saturated carbocycles. The third-order valence-electron chi connectivity index (χ3n) is 4.44. The summed E-state index contributed by atoms with van der Waals surface area (Å²) < 4.78 is 0. The number of hydrogen-bond acceptors (Lipinski definition) is 4. The molecular formula is C15H24N4. The number of nitrogen functional groups attached to an aromatic ring is 1. The second-order valence-corrected chi connectivity index (χ2v) is 5.73. The monoisotopic (exact) mass is 260 g/mol. The minimum absolute atomic E-state index is 0.958. The Hall–Kier alpha value is -1.26. The molecule has 2 N–H and O–H groups in total. The van der Waals surface area contributed by atoms with E-state index in [9.17, 15) is 0 Å². The average Bonchev–Trinajstić information content (AvgIpc) is 2.83. The Labute approximate surface area is 115 Å². The normalized spacial score (nSPS) is 20.8. The first-order chi connectivity index (χ1) is 9.24. The molecule has 0 amide bonds. The summed E-state index contributed by atoms with van der Waals surface area (Å²) in [6.07, 6.45) is 1.10. The molecule has 0 bridgehead atoms. The van der Waals surface area contributed by atoms with Gasteiger partial charge in [-0.05, 0) is 25.6 Å². The summed E-state index contributed by atoms with van der Waals surface area (Å²) in [7, 11) is 2.21. The van der Waals surface area contributed by atoms with Crippen LogP contribution in [-0.4, -0.2) is 62.7 Å². The van der Waals surface area contributed by atoms with Crippen molar-refractivity contribution in [2.24, 2.45) is 0 Å². The van der Waals surface area contributed by atoms with Crippen molar-refractivity contribution >= 4 is 11.4 Å². The van der Waals surface area contributed by atoms with Gasteiger partial charge in [0.1, 0.15) is 0 Å². The maximum Gasteiger partial charge on any atom is 0.0420 e. The van der Waals surface area contributed by atoms with Gasteiger partial charge in [-0.3, -0.25) is 4.90 Å². The molecule has 1 aromatic carbocycles. The van der Waals surface area contributed by atoms with Crippen LogP contribution in [0.1, 0.15) is 5.56 Å². The Morgan fingerprint density at radius 3 is 2.63 bits per heavy atom. The zero-order chi connectivity index (χ0) is 13.2. The molecule has 2 heterocycles. The Morgan fingerprint density at radius 2 is 1.84 bits per heavy atom. The van der Waals surface area contributed by atoms with Crippen LogP contribution in [0, 0.1) is 0 Å². The van der Waals surface area contributed by atoms with Crippen molar-refractivity contribution in [1.29, 1.82) is 0 Å². The predicted molar refractivity (Wildman–Crippen MR) is 80.7 cm³/mol. The van der Waals surface area contributed by atoms with Crippen LogP contribution in [0.2, 0.25) is 0 Å². The molecule has 4 nitrogen and oxygen atoms in total. The van der Waals surface area contributed by atoms with Crippen molar-refractivity contribution in [3.63, 3.8) is 0 Å². The molecule has 2 aliphatic rings. The van der Waals surface area contributed by atoms with Crippen molar-refractivity contribution in [3.05, 3.63) is 23.8 Å². The molecule has 1 aromatic rings. The van der Waals surface area contributed by atoms with Gasteiger partial charge >= 0.3 is 0 Å². The predicted octanol–water partition coefficient (Wildman–Crippen LogP) is 0.879. The first kappa shape index (κ1) is 12.8. The van der Waals surface area contributed by atoms with Gasteiger partial charge < -0.3 is 15.5 Å². The topological polar surface area (TPSA) is 35.7 Å². The summed E-state index contributed by atoms with van der Waals surface area (Å²) in [6.45, 7) is 8.22. The molecule has 0 spiro atoms. The third kappa shape index (κ3) is 2.69. The van der Waals surface area contributed by atoms with Crippen molar-refractivity contribution < 1.29 is 0 Å². The van der Waals surface area contributed by atoms with Gasteiger partial charge in [-0.15, -0.1) is 0 Å². The van der Waals surface area contributed by atoms with Crippen LogP contribution in [0.5, 0.6) is 0 Å². The number of nitrogens with two attached hydrogens (primary N) is 1. The van der Waals surface area contributed by atoms with Crippen LogP contribution < -0.4 is 10.6 Å². The van der Waals surface area contributed by atoms with E-state index in [4.69, 9.17) is 5.73 Å². The third-order valence-corrected chi connectivity index (χ3v) is 4.44. The van der Waals surface area contributed by atoms with Gasteiger partial charge in [-0.25, -0.2) is 0 Å². The Balaban J connectivity index is 1.57. The second-order valence-electron chi connectivity index (χ2n) is 5.73. The number of hydrogen-bond donors (Lipinski definition) is 1. The van der Waals surface area contributed by atoms with E-state index in [2.05, 4.69) is 33.9 Å². The van der Waals surface area contributed by atoms with Crippen LogP contribution in [-0.2, 0) is 6.42 Å². The summed E-state index contributed by atoms with van der Waals surface area (Å²) in [5.74, 6) is 0. The molecule has 0 aromatic heterocycles. The van der Waals surface area contributed by atoms with Gasteiger partial charge in [-0.2, -0.15) is 0 Å². The Bertz CT molecular complexity index is 438. The summed E-state index contributed by atoms with van der Waals surface area (Å²) >= 11 is 0. The second kappa shape index (κ2) is 5.39. The van der Waals surface area contributed by atoms with E-state index in [1.807, 2.05) is 6.07 Å². The van der Waals surface area contributed by atoms with Gasteiger partial charge in [-0.1, -0.05) is 6.07 Å². The highest BCUT2D eigenvalue weighted by atomic mass is 15.3. The van der Waals surface area contributed by atoms with E-state index in [1.54, 1.807) is 0 Å². The highest BCUT2D eigenvalue weighted by Gasteiger charge is 2.21. The first-order valence-electron chi connectivity index (χ1n) is 7.27. The maximum absolute atomic E-state index is 6.05. The number of fused-ring (bicyclic) bond motifs is 1. The van der Waals surface area contributed by atoms with E-state index in [0.717, 1.165) is 25.2 Å². The number of likely N-dealkylation sites (N-methyl/N-ethyl adjacent to an activating group) is 1. The zero-order valence-electron chi connectivity index (χ0n) is 11.8. The summed E-state index contributed by atoms with van der Waals surface area (Å²) in [4.78, 5) is 7.47. The van der Waals surface area contributed by atoms with Crippen molar-refractivity contribution in [3.8, 4) is 0 Å². The van der Waals surface area contributed by atoms with Gasteiger partial charge in [0.05, 0.1) is 0 Å². The molecular weight excluding hydrogens is 236 g/mol. The van der Waals surface area contributed by atoms with Crippen LogP contribution in [0.3, 0.4) is 0 Å². The number of anilines is 2. The van der Waals surface area contributed by atoms with Crippen molar-refractivity contribution in [1.82, 2.24) is 9.80 Å². The molecule has 0 aliphatic carbocycles. The molecule has 1 saturated heterocycles. The van der Waals surface area contributed by atoms with Crippen LogP contribution >= 0.6 is 0 Å². The lowest BCUT2D eigenvalue weighted by Crippen LogP contribution is -2.46. The average molecular weight is 260 g/mol. The van der Waals surface area contributed by atoms with E-state index in [0.29, 0.717) is 0 Å². The van der Waals surface area contributed by atoms with Crippen LogP contribution in [0.15, 0.2) is 18.2 Å². The highest BCUT2D eigenvalue weighted by molar-refractivity contribution is 5.68. The fourth-order valence-electron chi connectivity index (χ4n) is 3.09. The summed E-state index contributed by atoms with van der Waals surface area (Å²) in [5, 5.41) is 0. The van der Waals surface area contributed by atoms with E-state index in [1.165, 1.54) is 44.0 Å². The molecule has 19 heavy (non-hydrogen) atoms. The molecule has 4 heteroatoms. The largest absolute Gasteiger partial charge is 0.398 e.